The number of fused-ring (bicyclic) bond motifs is 4. The van der Waals surface area contributed by atoms with Crippen LogP contribution in [-0.2, 0) is 30.6 Å². The van der Waals surface area contributed by atoms with Crippen LogP contribution in [0.5, 0.6) is 5.75 Å². The molecular formula is C48H70N4O6Si. The number of rotatable bonds is 15. The average Bonchev–Trinajstić information content (AvgIpc) is 3.22. The summed E-state index contributed by atoms with van der Waals surface area (Å²) < 4.78 is 13.4. The first-order valence-corrected chi connectivity index (χ1v) is 25.7. The highest BCUT2D eigenvalue weighted by Crippen LogP contribution is 2.43. The van der Waals surface area contributed by atoms with E-state index in [1.165, 1.54) is 18.1 Å². The van der Waals surface area contributed by atoms with Crippen LogP contribution in [0, 0.1) is 11.8 Å². The number of phenolic OH excluding ortho intramolecular Hbond substituents is 1. The topological polar surface area (TPSA) is 133 Å². The number of esters is 1. The number of nitrogens with one attached hydrogen (secondary N) is 3. The Balaban J connectivity index is 0.874. The summed E-state index contributed by atoms with van der Waals surface area (Å²) in [6.45, 7) is 15.8. The van der Waals surface area contributed by atoms with E-state index in [4.69, 9.17) is 9.16 Å². The van der Waals surface area contributed by atoms with Crippen LogP contribution in [0.1, 0.15) is 127 Å². The van der Waals surface area contributed by atoms with Crippen molar-refractivity contribution in [1.29, 1.82) is 0 Å². The molecule has 4 heterocycles. The number of aryl methyl sites for hydroxylation is 1. The summed E-state index contributed by atoms with van der Waals surface area (Å²) in [5.74, 6) is 1.18. The van der Waals surface area contributed by atoms with Crippen molar-refractivity contribution in [2.75, 3.05) is 32.7 Å². The maximum absolute atomic E-state index is 14.0. The number of nitrogens with zero attached hydrogens (tertiary/aromatic N) is 1. The third kappa shape index (κ3) is 10.3. The number of H-pyrrole nitrogens is 1. The predicted octanol–water partition coefficient (Wildman–Crippen LogP) is 8.42. The monoisotopic (exact) mass is 827 g/mol. The summed E-state index contributed by atoms with van der Waals surface area (Å²) in [6.07, 6.45) is 13.1. The molecule has 3 saturated heterocycles. The van der Waals surface area contributed by atoms with E-state index in [0.717, 1.165) is 120 Å². The van der Waals surface area contributed by atoms with Gasteiger partial charge in [-0.3, -0.25) is 19.3 Å². The number of carbonyl (C=O) groups is 2. The molecule has 2 saturated carbocycles. The lowest BCUT2D eigenvalue weighted by atomic mass is 9.69. The molecule has 11 heteroatoms. The second-order valence-electron chi connectivity index (χ2n) is 19.9. The van der Waals surface area contributed by atoms with Crippen molar-refractivity contribution in [1.82, 2.24) is 20.5 Å². The third-order valence-electron chi connectivity index (χ3n) is 14.8. The molecule has 1 aromatic heterocycles. The van der Waals surface area contributed by atoms with E-state index < -0.39 is 13.7 Å². The maximum Gasteiger partial charge on any atom is 0.316 e. The maximum atomic E-state index is 14.0. The molecule has 4 N–H and O–H groups in total. The molecule has 2 atom stereocenters. The number of ether oxygens (including phenoxy) is 1. The molecule has 0 radical (unpaired) electrons. The van der Waals surface area contributed by atoms with Crippen LogP contribution in [0.15, 0.2) is 53.3 Å². The average molecular weight is 827 g/mol. The Morgan fingerprint density at radius 1 is 0.983 bits per heavy atom. The van der Waals surface area contributed by atoms with Gasteiger partial charge >= 0.3 is 5.97 Å². The summed E-state index contributed by atoms with van der Waals surface area (Å²) in [5, 5.41) is 18.4. The summed E-state index contributed by atoms with van der Waals surface area (Å²) in [4.78, 5) is 44.5. The second-order valence-corrected chi connectivity index (χ2v) is 24.6. The molecule has 2 bridgehead atoms. The van der Waals surface area contributed by atoms with Crippen LogP contribution in [0.2, 0.25) is 18.1 Å². The van der Waals surface area contributed by atoms with Gasteiger partial charge in [-0.1, -0.05) is 70.4 Å². The van der Waals surface area contributed by atoms with E-state index in [-0.39, 0.29) is 46.5 Å². The zero-order valence-electron chi connectivity index (χ0n) is 36.4. The van der Waals surface area contributed by atoms with Gasteiger partial charge < -0.3 is 29.9 Å². The van der Waals surface area contributed by atoms with E-state index in [9.17, 15) is 19.5 Å². The van der Waals surface area contributed by atoms with Gasteiger partial charge in [-0.15, -0.1) is 0 Å². The van der Waals surface area contributed by atoms with Gasteiger partial charge in [-0.2, -0.15) is 0 Å². The highest BCUT2D eigenvalue weighted by atomic mass is 28.4. The van der Waals surface area contributed by atoms with Crippen molar-refractivity contribution in [2.45, 2.75) is 152 Å². The summed E-state index contributed by atoms with van der Waals surface area (Å²) in [5.41, 5.74) is 2.88. The molecule has 2 aliphatic carbocycles. The van der Waals surface area contributed by atoms with Gasteiger partial charge in [0.05, 0.1) is 17.0 Å². The largest absolute Gasteiger partial charge is 0.506 e. The summed E-state index contributed by atoms with van der Waals surface area (Å²) in [6, 6.07) is 15.7. The standard InChI is InChI=1S/C48H70N4O6Si/c1-47(2,3)59(4,5)58-41(38-19-21-40(53)45-39(38)20-22-44(55)51-45)31-49-30-34-15-17-37(18-16-34)50-43(54)14-10-12-33-11-9-13-36(29-33)48(25-7-6-8-26-48)46(56)57-42-32-52-27-23-35(42)24-28-52/h9,11,13,19-22,29,34-35,37,41-42,49,53H,6-8,10,12,14-18,23-28,30-32H2,1-5H3,(H,50,54)(H,51,55)/t34?,37?,41-,42-/m0/s1. The molecule has 8 rings (SSSR count). The minimum atomic E-state index is -2.17. The number of aromatic hydroxyl groups is 1. The van der Waals surface area contributed by atoms with Crippen LogP contribution in [-0.4, -0.2) is 80.1 Å². The van der Waals surface area contributed by atoms with Crippen LogP contribution in [0.3, 0.4) is 0 Å². The number of piperidine rings is 3. The first-order valence-electron chi connectivity index (χ1n) is 22.8. The highest BCUT2D eigenvalue weighted by Gasteiger charge is 2.46. The number of amides is 1. The Morgan fingerprint density at radius 2 is 1.73 bits per heavy atom. The first kappa shape index (κ1) is 43.6. The smallest absolute Gasteiger partial charge is 0.316 e. The van der Waals surface area contributed by atoms with Crippen molar-refractivity contribution in [3.63, 3.8) is 0 Å². The lowest BCUT2D eigenvalue weighted by molar-refractivity contribution is -0.167. The summed E-state index contributed by atoms with van der Waals surface area (Å²) in [7, 11) is -2.17. The van der Waals surface area contributed by atoms with E-state index in [2.05, 4.69) is 78.6 Å². The van der Waals surface area contributed by atoms with E-state index >= 15 is 0 Å². The number of pyridine rings is 1. The molecule has 2 aromatic carbocycles. The van der Waals surface area contributed by atoms with Gasteiger partial charge in [0.15, 0.2) is 8.32 Å². The molecule has 322 valence electrons. The van der Waals surface area contributed by atoms with E-state index in [0.29, 0.717) is 30.3 Å². The molecule has 10 nitrogen and oxygen atoms in total. The Labute approximate surface area is 352 Å². The fourth-order valence-electron chi connectivity index (χ4n) is 10.1. The van der Waals surface area contributed by atoms with Gasteiger partial charge in [-0.25, -0.2) is 0 Å². The molecule has 0 unspecified atom stereocenters. The molecule has 5 aliphatic rings. The highest BCUT2D eigenvalue weighted by molar-refractivity contribution is 6.74. The quantitative estimate of drug-likeness (QED) is 0.0888. The third-order valence-corrected chi connectivity index (χ3v) is 19.3. The number of benzene rings is 2. The molecule has 3 aromatic rings. The Kier molecular flexibility index (Phi) is 13.8. The van der Waals surface area contributed by atoms with Gasteiger partial charge in [0, 0.05) is 37.0 Å². The number of aromatic amines is 1. The molecular weight excluding hydrogens is 757 g/mol. The number of phenols is 1. The number of hydrogen-bond donors (Lipinski definition) is 4. The van der Waals surface area contributed by atoms with Crippen molar-refractivity contribution in [2.24, 2.45) is 11.8 Å². The summed E-state index contributed by atoms with van der Waals surface area (Å²) >= 11 is 0. The molecule has 3 aliphatic heterocycles. The lowest BCUT2D eigenvalue weighted by Gasteiger charge is -2.45. The van der Waals surface area contributed by atoms with E-state index in [1.807, 2.05) is 6.07 Å². The van der Waals surface area contributed by atoms with Gasteiger partial charge in [-0.05, 0) is 143 Å². The van der Waals surface area contributed by atoms with Gasteiger partial charge in [0.2, 0.25) is 11.5 Å². The second kappa shape index (κ2) is 18.6. The minimum Gasteiger partial charge on any atom is -0.506 e. The zero-order valence-corrected chi connectivity index (χ0v) is 37.4. The van der Waals surface area contributed by atoms with E-state index in [1.54, 1.807) is 12.1 Å². The fourth-order valence-corrected chi connectivity index (χ4v) is 11.3. The number of carbonyl (C=O) groups excluding carboxylic acids is 2. The molecule has 59 heavy (non-hydrogen) atoms. The zero-order chi connectivity index (χ0) is 41.8. The van der Waals surface area contributed by atoms with Crippen LogP contribution in [0.4, 0.5) is 0 Å². The predicted molar refractivity (Wildman–Crippen MR) is 237 cm³/mol. The van der Waals surface area contributed by atoms with Crippen molar-refractivity contribution < 1.29 is 23.9 Å². The Hall–Kier alpha value is -3.51. The molecule has 1 amide bonds. The van der Waals surface area contributed by atoms with Crippen molar-refractivity contribution >= 4 is 31.1 Å². The van der Waals surface area contributed by atoms with Crippen molar-refractivity contribution in [3.8, 4) is 5.75 Å². The van der Waals surface area contributed by atoms with Crippen molar-refractivity contribution in [3.05, 3.63) is 75.6 Å². The van der Waals surface area contributed by atoms with Gasteiger partial charge in [0.1, 0.15) is 11.9 Å². The minimum absolute atomic E-state index is 0.0137. The number of aromatic nitrogens is 1. The van der Waals surface area contributed by atoms with Crippen LogP contribution < -0.4 is 16.2 Å². The Morgan fingerprint density at radius 3 is 2.42 bits per heavy atom. The molecule has 0 spiro atoms. The molecule has 5 fully saturated rings. The normalized spacial score (nSPS) is 25.1. The van der Waals surface area contributed by atoms with Crippen LogP contribution in [0.25, 0.3) is 10.9 Å². The SMILES string of the molecule is CC(C)(C)[Si](C)(C)O[C@@H](CNCC1CCC(NC(=O)CCCc2cccc(C3(C(=O)O[C@H]4CN5CCC4CC5)CCCCC3)c2)CC1)c1ccc(O)c2[nH]c(=O)ccc12. The Bertz CT molecular complexity index is 1970. The number of hydrogen-bond acceptors (Lipinski definition) is 8. The van der Waals surface area contributed by atoms with Gasteiger partial charge in [0.25, 0.3) is 0 Å². The van der Waals surface area contributed by atoms with Crippen LogP contribution >= 0.6 is 0 Å². The first-order chi connectivity index (χ1) is 28.2. The lowest BCUT2D eigenvalue weighted by Crippen LogP contribution is -2.53. The fraction of sp³-hybridized carbons (Fsp3) is 0.646.